The molecule has 1 unspecified atom stereocenters. The summed E-state index contributed by atoms with van der Waals surface area (Å²) in [6.07, 6.45) is 5.32. The number of aromatic amines is 1. The van der Waals surface area contributed by atoms with Crippen molar-refractivity contribution in [2.24, 2.45) is 0 Å². The van der Waals surface area contributed by atoms with E-state index in [1.807, 2.05) is 0 Å². The van der Waals surface area contributed by atoms with Gasteiger partial charge in [-0.05, 0) is 37.3 Å². The molecular formula is C15H19N3. The smallest absolute Gasteiger partial charge is 0.0925 e. The highest BCUT2D eigenvalue weighted by atomic mass is 15.0. The second-order valence-corrected chi connectivity index (χ2v) is 5.06. The summed E-state index contributed by atoms with van der Waals surface area (Å²) in [7, 11) is 0. The van der Waals surface area contributed by atoms with Gasteiger partial charge in [0.05, 0.1) is 12.0 Å². The van der Waals surface area contributed by atoms with Gasteiger partial charge < -0.3 is 10.3 Å². The van der Waals surface area contributed by atoms with E-state index in [2.05, 4.69) is 46.5 Å². The van der Waals surface area contributed by atoms with Crippen molar-refractivity contribution in [1.82, 2.24) is 15.3 Å². The Hall–Kier alpha value is -1.61. The van der Waals surface area contributed by atoms with Gasteiger partial charge in [0.15, 0.2) is 0 Å². The molecule has 1 aliphatic carbocycles. The van der Waals surface area contributed by atoms with E-state index in [1.54, 1.807) is 6.33 Å². The van der Waals surface area contributed by atoms with E-state index in [0.29, 0.717) is 6.04 Å². The molecule has 0 spiro atoms. The van der Waals surface area contributed by atoms with E-state index in [-0.39, 0.29) is 0 Å². The summed E-state index contributed by atoms with van der Waals surface area (Å²) in [6, 6.07) is 9.36. The molecule has 0 radical (unpaired) electrons. The van der Waals surface area contributed by atoms with Crippen molar-refractivity contribution < 1.29 is 0 Å². The van der Waals surface area contributed by atoms with Crippen molar-refractivity contribution in [3.05, 3.63) is 53.1 Å². The summed E-state index contributed by atoms with van der Waals surface area (Å²) >= 11 is 0. The lowest BCUT2D eigenvalue weighted by Gasteiger charge is -2.25. The summed E-state index contributed by atoms with van der Waals surface area (Å²) in [5.74, 6) is 0. The van der Waals surface area contributed by atoms with Gasteiger partial charge in [0.2, 0.25) is 0 Å². The molecule has 3 nitrogen and oxygen atoms in total. The fourth-order valence-electron chi connectivity index (χ4n) is 2.68. The largest absolute Gasteiger partial charge is 0.348 e. The summed E-state index contributed by atoms with van der Waals surface area (Å²) in [4.78, 5) is 7.45. The van der Waals surface area contributed by atoms with Gasteiger partial charge in [-0.25, -0.2) is 4.98 Å². The zero-order chi connectivity index (χ0) is 12.4. The van der Waals surface area contributed by atoms with E-state index >= 15 is 0 Å². The predicted octanol–water partition coefficient (Wildman–Crippen LogP) is 2.37. The van der Waals surface area contributed by atoms with Crippen molar-refractivity contribution >= 4 is 0 Å². The van der Waals surface area contributed by atoms with Crippen LogP contribution in [0.1, 0.15) is 28.9 Å². The maximum absolute atomic E-state index is 4.33. The molecule has 0 amide bonds. The van der Waals surface area contributed by atoms with Crippen molar-refractivity contribution in [3.63, 3.8) is 0 Å². The van der Waals surface area contributed by atoms with Crippen LogP contribution < -0.4 is 5.32 Å². The minimum absolute atomic E-state index is 0.580. The summed E-state index contributed by atoms with van der Waals surface area (Å²) in [5.41, 5.74) is 5.32. The molecule has 0 saturated heterocycles. The van der Waals surface area contributed by atoms with Gasteiger partial charge in [-0.2, -0.15) is 0 Å². The molecule has 2 N–H and O–H groups in total. The van der Waals surface area contributed by atoms with Crippen LogP contribution in [0.4, 0.5) is 0 Å². The van der Waals surface area contributed by atoms with Crippen LogP contribution in [0.25, 0.3) is 0 Å². The highest BCUT2D eigenvalue weighted by Crippen LogP contribution is 2.21. The zero-order valence-corrected chi connectivity index (χ0v) is 10.7. The lowest BCUT2D eigenvalue weighted by atomic mass is 9.88. The number of H-pyrrole nitrogens is 1. The number of nitrogens with one attached hydrogen (secondary N) is 2. The molecule has 1 aromatic carbocycles. The maximum Gasteiger partial charge on any atom is 0.0925 e. The Morgan fingerprint density at radius 3 is 2.94 bits per heavy atom. The molecule has 18 heavy (non-hydrogen) atoms. The van der Waals surface area contributed by atoms with Crippen molar-refractivity contribution in [2.75, 3.05) is 0 Å². The van der Waals surface area contributed by atoms with E-state index < -0.39 is 0 Å². The Balaban J connectivity index is 1.61. The van der Waals surface area contributed by atoms with Crippen LogP contribution in [0.2, 0.25) is 0 Å². The average molecular weight is 241 g/mol. The third-order valence-corrected chi connectivity index (χ3v) is 3.84. The van der Waals surface area contributed by atoms with Crippen molar-refractivity contribution in [2.45, 2.75) is 38.8 Å². The molecule has 0 fully saturated rings. The Morgan fingerprint density at radius 1 is 1.33 bits per heavy atom. The molecule has 3 heteroatoms. The number of aryl methyl sites for hydroxylation is 2. The number of rotatable bonds is 3. The summed E-state index contributed by atoms with van der Waals surface area (Å²) in [6.45, 7) is 2.93. The van der Waals surface area contributed by atoms with Gasteiger partial charge in [-0.15, -0.1) is 0 Å². The fraction of sp³-hybridized carbons (Fsp3) is 0.400. The van der Waals surface area contributed by atoms with Gasteiger partial charge in [0.1, 0.15) is 0 Å². The third-order valence-electron chi connectivity index (χ3n) is 3.84. The lowest BCUT2D eigenvalue weighted by Crippen LogP contribution is -2.34. The lowest BCUT2D eigenvalue weighted by molar-refractivity contribution is 0.454. The van der Waals surface area contributed by atoms with Crippen LogP contribution in [-0.2, 0) is 19.4 Å². The molecule has 1 heterocycles. The Morgan fingerprint density at radius 2 is 2.17 bits per heavy atom. The number of imidazole rings is 1. The highest BCUT2D eigenvalue weighted by molar-refractivity contribution is 5.30. The van der Waals surface area contributed by atoms with Gasteiger partial charge in [-0.1, -0.05) is 24.3 Å². The second kappa shape index (κ2) is 4.94. The average Bonchev–Trinajstić information content (AvgIpc) is 2.82. The molecule has 0 saturated carbocycles. The fourth-order valence-corrected chi connectivity index (χ4v) is 2.68. The normalized spacial score (nSPS) is 18.6. The number of aromatic nitrogens is 2. The Bertz CT molecular complexity index is 530. The zero-order valence-electron chi connectivity index (χ0n) is 10.7. The molecule has 1 aromatic heterocycles. The molecule has 2 aromatic rings. The summed E-state index contributed by atoms with van der Waals surface area (Å²) in [5, 5.41) is 3.62. The van der Waals surface area contributed by atoms with Crippen LogP contribution in [0.5, 0.6) is 0 Å². The SMILES string of the molecule is Cc1[nH]cnc1CNC1CCc2ccccc2C1. The molecule has 1 aliphatic rings. The summed E-state index contributed by atoms with van der Waals surface area (Å²) < 4.78 is 0. The number of nitrogens with zero attached hydrogens (tertiary/aromatic N) is 1. The second-order valence-electron chi connectivity index (χ2n) is 5.06. The minimum atomic E-state index is 0.580. The van der Waals surface area contributed by atoms with Crippen LogP contribution in [0.3, 0.4) is 0 Å². The van der Waals surface area contributed by atoms with Crippen LogP contribution in [0, 0.1) is 6.92 Å². The Labute approximate surface area is 108 Å². The van der Waals surface area contributed by atoms with E-state index in [0.717, 1.165) is 18.7 Å². The van der Waals surface area contributed by atoms with Gasteiger partial charge >= 0.3 is 0 Å². The maximum atomic E-state index is 4.33. The predicted molar refractivity (Wildman–Crippen MR) is 72.4 cm³/mol. The Kier molecular flexibility index (Phi) is 3.15. The van der Waals surface area contributed by atoms with E-state index in [1.165, 1.54) is 29.7 Å². The highest BCUT2D eigenvalue weighted by Gasteiger charge is 2.17. The number of hydrogen-bond donors (Lipinski definition) is 2. The van der Waals surface area contributed by atoms with Crippen LogP contribution in [-0.4, -0.2) is 16.0 Å². The van der Waals surface area contributed by atoms with Gasteiger partial charge in [0.25, 0.3) is 0 Å². The van der Waals surface area contributed by atoms with E-state index in [9.17, 15) is 0 Å². The van der Waals surface area contributed by atoms with Crippen LogP contribution >= 0.6 is 0 Å². The van der Waals surface area contributed by atoms with Crippen molar-refractivity contribution in [1.29, 1.82) is 0 Å². The third kappa shape index (κ3) is 2.31. The first-order chi connectivity index (χ1) is 8.83. The number of benzene rings is 1. The molecular weight excluding hydrogens is 222 g/mol. The van der Waals surface area contributed by atoms with E-state index in [4.69, 9.17) is 0 Å². The topological polar surface area (TPSA) is 40.7 Å². The number of fused-ring (bicyclic) bond motifs is 1. The first kappa shape index (κ1) is 11.5. The minimum Gasteiger partial charge on any atom is -0.348 e. The molecule has 0 bridgehead atoms. The standard InChI is InChI=1S/C15H19N3/c1-11-15(18-10-17-11)9-16-14-7-6-12-4-2-3-5-13(12)8-14/h2-5,10,14,16H,6-9H2,1H3,(H,17,18). The molecule has 3 rings (SSSR count). The van der Waals surface area contributed by atoms with Gasteiger partial charge in [0, 0.05) is 18.3 Å². The first-order valence-electron chi connectivity index (χ1n) is 6.62. The monoisotopic (exact) mass is 241 g/mol. The molecule has 94 valence electrons. The van der Waals surface area contributed by atoms with Crippen LogP contribution in [0.15, 0.2) is 30.6 Å². The quantitative estimate of drug-likeness (QED) is 0.866. The first-order valence-corrected chi connectivity index (χ1v) is 6.62. The molecule has 1 atom stereocenters. The van der Waals surface area contributed by atoms with Gasteiger partial charge in [-0.3, -0.25) is 0 Å². The number of hydrogen-bond acceptors (Lipinski definition) is 2. The van der Waals surface area contributed by atoms with Crippen molar-refractivity contribution in [3.8, 4) is 0 Å². The molecule has 0 aliphatic heterocycles.